The molecule has 134 valence electrons. The summed E-state index contributed by atoms with van der Waals surface area (Å²) in [6, 6.07) is 9.20. The predicted molar refractivity (Wildman–Crippen MR) is 92.2 cm³/mol. The third kappa shape index (κ3) is 4.77. The number of rotatable bonds is 5. The quantitative estimate of drug-likeness (QED) is 0.854. The topological polar surface area (TPSA) is 67.9 Å². The van der Waals surface area contributed by atoms with E-state index in [0.29, 0.717) is 13.2 Å². The van der Waals surface area contributed by atoms with E-state index in [9.17, 15) is 8.42 Å². The maximum absolute atomic E-state index is 12.2. The van der Waals surface area contributed by atoms with Gasteiger partial charge in [0.1, 0.15) is 5.60 Å². The summed E-state index contributed by atoms with van der Waals surface area (Å²) in [5.41, 5.74) is 0.494. The van der Waals surface area contributed by atoms with Crippen molar-refractivity contribution in [2.75, 3.05) is 39.9 Å². The standard InChI is InChI=1S/C17H26N2O4S/c1-19-9-10-22-14-17(13-19)8-7-16(23-17)11-18-24(20,21)12-15-5-3-2-4-6-15/h2-6,16,18H,7-14H2,1H3/t16-,17+/m1/s1. The number of nitrogens with one attached hydrogen (secondary N) is 1. The lowest BCUT2D eigenvalue weighted by molar-refractivity contribution is -0.0824. The van der Waals surface area contributed by atoms with E-state index in [1.54, 1.807) is 0 Å². The van der Waals surface area contributed by atoms with E-state index in [1.807, 2.05) is 30.3 Å². The molecule has 0 amide bonds. The first kappa shape index (κ1) is 17.8. The molecule has 2 atom stereocenters. The minimum atomic E-state index is -3.35. The summed E-state index contributed by atoms with van der Waals surface area (Å²) in [6.45, 7) is 3.36. The Morgan fingerprint density at radius 2 is 2.12 bits per heavy atom. The molecule has 0 unspecified atom stereocenters. The lowest BCUT2D eigenvalue weighted by Gasteiger charge is -2.30. The molecule has 24 heavy (non-hydrogen) atoms. The van der Waals surface area contributed by atoms with Gasteiger partial charge >= 0.3 is 0 Å². The van der Waals surface area contributed by atoms with Gasteiger partial charge in [-0.1, -0.05) is 30.3 Å². The highest BCUT2D eigenvalue weighted by atomic mass is 32.2. The highest BCUT2D eigenvalue weighted by Crippen LogP contribution is 2.32. The van der Waals surface area contributed by atoms with Crippen LogP contribution in [-0.4, -0.2) is 64.9 Å². The molecule has 0 saturated carbocycles. The van der Waals surface area contributed by atoms with Gasteiger partial charge in [-0.05, 0) is 25.5 Å². The second kappa shape index (κ2) is 7.49. The molecule has 2 fully saturated rings. The minimum Gasteiger partial charge on any atom is -0.377 e. The number of hydrogen-bond acceptors (Lipinski definition) is 5. The zero-order chi connectivity index (χ0) is 17.0. The molecule has 0 aliphatic carbocycles. The molecule has 3 rings (SSSR count). The van der Waals surface area contributed by atoms with Crippen molar-refractivity contribution in [2.24, 2.45) is 0 Å². The monoisotopic (exact) mass is 354 g/mol. The van der Waals surface area contributed by atoms with Crippen LogP contribution in [0.4, 0.5) is 0 Å². The van der Waals surface area contributed by atoms with Crippen LogP contribution in [0.25, 0.3) is 0 Å². The summed E-state index contributed by atoms with van der Waals surface area (Å²) >= 11 is 0. The predicted octanol–water partition coefficient (Wildman–Crippen LogP) is 0.986. The third-order valence-electron chi connectivity index (χ3n) is 4.61. The van der Waals surface area contributed by atoms with Crippen LogP contribution in [0.1, 0.15) is 18.4 Å². The maximum Gasteiger partial charge on any atom is 0.215 e. The van der Waals surface area contributed by atoms with Crippen LogP contribution in [0.2, 0.25) is 0 Å². The van der Waals surface area contributed by atoms with Crippen molar-refractivity contribution < 1.29 is 17.9 Å². The number of sulfonamides is 1. The zero-order valence-corrected chi connectivity index (χ0v) is 14.9. The summed E-state index contributed by atoms with van der Waals surface area (Å²) < 4.78 is 39.0. The van der Waals surface area contributed by atoms with Gasteiger partial charge in [0.15, 0.2) is 0 Å². The highest BCUT2D eigenvalue weighted by molar-refractivity contribution is 7.88. The van der Waals surface area contributed by atoms with Gasteiger partial charge in [0.2, 0.25) is 10.0 Å². The first-order valence-electron chi connectivity index (χ1n) is 8.42. The highest BCUT2D eigenvalue weighted by Gasteiger charge is 2.42. The molecule has 1 aromatic carbocycles. The number of hydrogen-bond donors (Lipinski definition) is 1. The molecule has 2 saturated heterocycles. The summed E-state index contributed by atoms with van der Waals surface area (Å²) in [5, 5.41) is 0. The van der Waals surface area contributed by atoms with Crippen LogP contribution in [-0.2, 0) is 25.2 Å². The van der Waals surface area contributed by atoms with Crippen LogP contribution in [0.3, 0.4) is 0 Å². The zero-order valence-electron chi connectivity index (χ0n) is 14.1. The molecule has 6 nitrogen and oxygen atoms in total. The Labute approximate surface area is 144 Å². The van der Waals surface area contributed by atoms with Crippen LogP contribution in [0.5, 0.6) is 0 Å². The Morgan fingerprint density at radius 1 is 1.33 bits per heavy atom. The van der Waals surface area contributed by atoms with Crippen LogP contribution >= 0.6 is 0 Å². The summed E-state index contributed by atoms with van der Waals surface area (Å²) in [4.78, 5) is 2.22. The van der Waals surface area contributed by atoms with Gasteiger partial charge in [0.05, 0.1) is 25.1 Å². The van der Waals surface area contributed by atoms with E-state index in [1.165, 1.54) is 0 Å². The van der Waals surface area contributed by atoms with Crippen molar-refractivity contribution >= 4 is 10.0 Å². The molecule has 0 radical (unpaired) electrons. The van der Waals surface area contributed by atoms with Crippen molar-refractivity contribution in [3.63, 3.8) is 0 Å². The summed E-state index contributed by atoms with van der Waals surface area (Å²) in [6.07, 6.45) is 1.67. The van der Waals surface area contributed by atoms with E-state index in [-0.39, 0.29) is 17.5 Å². The molecule has 2 heterocycles. The van der Waals surface area contributed by atoms with Crippen LogP contribution in [0, 0.1) is 0 Å². The summed E-state index contributed by atoms with van der Waals surface area (Å²) in [7, 11) is -1.29. The fourth-order valence-electron chi connectivity index (χ4n) is 3.42. The molecule has 2 aliphatic rings. The second-order valence-corrected chi connectivity index (χ2v) is 8.65. The molecule has 2 aliphatic heterocycles. The van der Waals surface area contributed by atoms with Crippen molar-refractivity contribution in [2.45, 2.75) is 30.3 Å². The van der Waals surface area contributed by atoms with E-state index >= 15 is 0 Å². The normalized spacial score (nSPS) is 29.0. The van der Waals surface area contributed by atoms with Crippen LogP contribution < -0.4 is 4.72 Å². The molecule has 0 bridgehead atoms. The van der Waals surface area contributed by atoms with Crippen LogP contribution in [0.15, 0.2) is 30.3 Å². The van der Waals surface area contributed by atoms with Crippen molar-refractivity contribution in [3.05, 3.63) is 35.9 Å². The molecule has 1 N–H and O–H groups in total. The molecule has 0 aromatic heterocycles. The van der Waals surface area contributed by atoms with Gasteiger partial charge in [-0.2, -0.15) is 0 Å². The largest absolute Gasteiger partial charge is 0.377 e. The van der Waals surface area contributed by atoms with E-state index < -0.39 is 10.0 Å². The summed E-state index contributed by atoms with van der Waals surface area (Å²) in [5.74, 6) is -0.00243. The lowest BCUT2D eigenvalue weighted by Crippen LogP contribution is -2.44. The van der Waals surface area contributed by atoms with Gasteiger partial charge in [-0.15, -0.1) is 0 Å². The Balaban J connectivity index is 1.52. The number of ether oxygens (including phenoxy) is 2. The average Bonchev–Trinajstić information content (AvgIpc) is 2.84. The van der Waals surface area contributed by atoms with Crippen molar-refractivity contribution in [1.82, 2.24) is 9.62 Å². The number of nitrogens with zero attached hydrogens (tertiary/aromatic N) is 1. The second-order valence-electron chi connectivity index (χ2n) is 6.85. The lowest BCUT2D eigenvalue weighted by atomic mass is 10.0. The smallest absolute Gasteiger partial charge is 0.215 e. The fourth-order valence-corrected chi connectivity index (χ4v) is 4.59. The molecular formula is C17H26N2O4S. The SMILES string of the molecule is CN1CCOC[C@]2(CC[C@H](CNS(=O)(=O)Cc3ccccc3)O2)C1. The Kier molecular flexibility index (Phi) is 5.56. The Morgan fingerprint density at radius 3 is 2.92 bits per heavy atom. The van der Waals surface area contributed by atoms with Gasteiger partial charge in [0, 0.05) is 19.6 Å². The Bertz CT molecular complexity index is 637. The fraction of sp³-hybridized carbons (Fsp3) is 0.647. The van der Waals surface area contributed by atoms with Crippen molar-refractivity contribution in [1.29, 1.82) is 0 Å². The van der Waals surface area contributed by atoms with Gasteiger partial charge in [-0.3, -0.25) is 0 Å². The third-order valence-corrected chi connectivity index (χ3v) is 5.93. The average molecular weight is 354 g/mol. The van der Waals surface area contributed by atoms with Gasteiger partial charge in [-0.25, -0.2) is 13.1 Å². The number of benzene rings is 1. The Hall–Kier alpha value is -0.990. The van der Waals surface area contributed by atoms with Gasteiger partial charge in [0.25, 0.3) is 0 Å². The number of likely N-dealkylation sites (N-methyl/N-ethyl adjacent to an activating group) is 1. The van der Waals surface area contributed by atoms with E-state index in [0.717, 1.165) is 38.1 Å². The van der Waals surface area contributed by atoms with Crippen molar-refractivity contribution in [3.8, 4) is 0 Å². The molecule has 1 spiro atoms. The maximum atomic E-state index is 12.2. The van der Waals surface area contributed by atoms with E-state index in [2.05, 4.69) is 16.7 Å². The molecular weight excluding hydrogens is 328 g/mol. The molecule has 1 aromatic rings. The molecule has 7 heteroatoms. The van der Waals surface area contributed by atoms with Gasteiger partial charge < -0.3 is 14.4 Å². The minimum absolute atomic E-state index is 0.00243. The van der Waals surface area contributed by atoms with E-state index in [4.69, 9.17) is 9.47 Å². The first-order valence-corrected chi connectivity index (χ1v) is 10.1. The first-order chi connectivity index (χ1) is 11.5.